The van der Waals surface area contributed by atoms with E-state index in [1.165, 1.54) is 16.7 Å². The minimum atomic E-state index is -1.43. The number of aliphatic hydroxyl groups is 1. The predicted molar refractivity (Wildman–Crippen MR) is 96.9 cm³/mol. The van der Waals surface area contributed by atoms with E-state index >= 15 is 0 Å². The van der Waals surface area contributed by atoms with Gasteiger partial charge in [-0.3, -0.25) is 9.36 Å². The van der Waals surface area contributed by atoms with E-state index in [0.717, 1.165) is 32.1 Å². The molecule has 2 aliphatic rings. The van der Waals surface area contributed by atoms with Crippen LogP contribution in [0.2, 0.25) is 0 Å². The minimum absolute atomic E-state index is 0.0707. The van der Waals surface area contributed by atoms with E-state index < -0.39 is 11.4 Å². The first-order valence-corrected chi connectivity index (χ1v) is 9.16. The van der Waals surface area contributed by atoms with E-state index in [1.807, 2.05) is 6.07 Å². The molecule has 26 heavy (non-hydrogen) atoms. The van der Waals surface area contributed by atoms with Crippen molar-refractivity contribution < 1.29 is 9.50 Å². The largest absolute Gasteiger partial charge is 0.377 e. The van der Waals surface area contributed by atoms with Crippen LogP contribution in [0.25, 0.3) is 16.6 Å². The Labute approximate surface area is 149 Å². The number of aromatic nitrogens is 2. The van der Waals surface area contributed by atoms with Gasteiger partial charge in [-0.15, -0.1) is 0 Å². The maximum absolute atomic E-state index is 14.1. The lowest BCUT2D eigenvalue weighted by molar-refractivity contribution is -0.00374. The smallest absolute Gasteiger partial charge is 0.266 e. The molecule has 0 spiro atoms. The van der Waals surface area contributed by atoms with Crippen molar-refractivity contribution in [2.24, 2.45) is 5.92 Å². The molecule has 1 N–H and O–H groups in total. The lowest BCUT2D eigenvalue weighted by Gasteiger charge is -2.35. The van der Waals surface area contributed by atoms with E-state index in [9.17, 15) is 14.3 Å². The second kappa shape index (κ2) is 5.48. The first-order chi connectivity index (χ1) is 12.6. The maximum atomic E-state index is 14.1. The third kappa shape index (κ3) is 1.98. The Morgan fingerprint density at radius 2 is 1.88 bits per heavy atom. The molecule has 1 aliphatic heterocycles. The molecule has 132 valence electrons. The first kappa shape index (κ1) is 15.7. The number of halogens is 1. The molecular weight excluding hydrogens is 331 g/mol. The first-order valence-electron chi connectivity index (χ1n) is 9.16. The molecule has 1 saturated carbocycles. The topological polar surface area (TPSA) is 55.1 Å². The quantitative estimate of drug-likeness (QED) is 0.729. The van der Waals surface area contributed by atoms with Crippen LogP contribution in [-0.2, 0) is 5.60 Å². The zero-order valence-corrected chi connectivity index (χ0v) is 14.3. The molecule has 0 saturated heterocycles. The SMILES string of the molecule is O=c1c2ccccc2nc2n1-c1ccc(F)cc1C2(O)C1CCCCC1. The molecule has 3 aromatic rings. The van der Waals surface area contributed by atoms with Crippen LogP contribution in [0.15, 0.2) is 47.3 Å². The highest BCUT2D eigenvalue weighted by atomic mass is 19.1. The summed E-state index contributed by atoms with van der Waals surface area (Å²) in [6.07, 6.45) is 4.87. The number of hydrogen-bond acceptors (Lipinski definition) is 3. The summed E-state index contributed by atoms with van der Waals surface area (Å²) in [6, 6.07) is 11.4. The zero-order chi connectivity index (χ0) is 17.9. The van der Waals surface area contributed by atoms with Gasteiger partial charge in [0.05, 0.1) is 16.6 Å². The summed E-state index contributed by atoms with van der Waals surface area (Å²) in [5.41, 5.74) is -0.0837. The number of hydrogen-bond donors (Lipinski definition) is 1. The monoisotopic (exact) mass is 350 g/mol. The van der Waals surface area contributed by atoms with E-state index in [1.54, 1.807) is 24.3 Å². The van der Waals surface area contributed by atoms with Gasteiger partial charge in [-0.1, -0.05) is 31.4 Å². The second-order valence-electron chi connectivity index (χ2n) is 7.36. The standard InChI is InChI=1S/C21H19FN2O2/c22-14-10-11-18-16(12-14)21(26,13-6-2-1-3-7-13)20-23-17-9-5-4-8-15(17)19(25)24(18)20/h4-5,8-13,26H,1-3,6-7H2. The molecule has 4 nitrogen and oxygen atoms in total. The highest BCUT2D eigenvalue weighted by Crippen LogP contribution is 2.49. The molecule has 0 bridgehead atoms. The normalized spacial score (nSPS) is 22.4. The summed E-state index contributed by atoms with van der Waals surface area (Å²) < 4.78 is 15.5. The highest BCUT2D eigenvalue weighted by Gasteiger charge is 2.50. The molecular formula is C21H19FN2O2. The third-order valence-electron chi connectivity index (χ3n) is 5.92. The summed E-state index contributed by atoms with van der Waals surface area (Å²) in [6.45, 7) is 0. The van der Waals surface area contributed by atoms with E-state index in [2.05, 4.69) is 4.98 Å². The molecule has 1 unspecified atom stereocenters. The Kier molecular flexibility index (Phi) is 3.31. The van der Waals surface area contributed by atoms with Crippen LogP contribution in [0.5, 0.6) is 0 Å². The summed E-state index contributed by atoms with van der Waals surface area (Å²) in [5.74, 6) is -0.157. The van der Waals surface area contributed by atoms with Crippen molar-refractivity contribution in [3.05, 3.63) is 70.0 Å². The molecule has 0 amide bonds. The van der Waals surface area contributed by atoms with Crippen molar-refractivity contribution in [2.75, 3.05) is 0 Å². The van der Waals surface area contributed by atoms with Gasteiger partial charge in [0.25, 0.3) is 5.56 Å². The van der Waals surface area contributed by atoms with Gasteiger partial charge < -0.3 is 5.11 Å². The summed E-state index contributed by atoms with van der Waals surface area (Å²) in [7, 11) is 0. The molecule has 1 fully saturated rings. The summed E-state index contributed by atoms with van der Waals surface area (Å²) >= 11 is 0. The van der Waals surface area contributed by atoms with Crippen LogP contribution in [-0.4, -0.2) is 14.7 Å². The average Bonchev–Trinajstić information content (AvgIpc) is 2.92. The maximum Gasteiger partial charge on any atom is 0.266 e. The highest BCUT2D eigenvalue weighted by molar-refractivity contribution is 5.79. The zero-order valence-electron chi connectivity index (χ0n) is 14.3. The Morgan fingerprint density at radius 3 is 2.69 bits per heavy atom. The predicted octanol–water partition coefficient (Wildman–Crippen LogP) is 3.65. The Hall–Kier alpha value is -2.53. The van der Waals surface area contributed by atoms with Gasteiger partial charge in [-0.2, -0.15) is 0 Å². The van der Waals surface area contributed by atoms with E-state index in [4.69, 9.17) is 0 Å². The lowest BCUT2D eigenvalue weighted by atomic mass is 9.73. The van der Waals surface area contributed by atoms with E-state index in [-0.39, 0.29) is 11.5 Å². The fourth-order valence-electron chi connectivity index (χ4n) is 4.66. The van der Waals surface area contributed by atoms with Crippen LogP contribution in [0, 0.1) is 11.7 Å². The molecule has 0 radical (unpaired) electrons. The van der Waals surface area contributed by atoms with Crippen LogP contribution in [0.1, 0.15) is 43.5 Å². The van der Waals surface area contributed by atoms with Crippen molar-refractivity contribution in [1.82, 2.24) is 9.55 Å². The van der Waals surface area contributed by atoms with Crippen molar-refractivity contribution in [3.8, 4) is 5.69 Å². The number of nitrogens with zero attached hydrogens (tertiary/aromatic N) is 2. The van der Waals surface area contributed by atoms with Gasteiger partial charge in [0.1, 0.15) is 5.82 Å². The van der Waals surface area contributed by atoms with Crippen molar-refractivity contribution in [3.63, 3.8) is 0 Å². The number of fused-ring (bicyclic) bond motifs is 4. The van der Waals surface area contributed by atoms with Gasteiger partial charge in [-0.25, -0.2) is 9.37 Å². The van der Waals surface area contributed by atoms with Crippen molar-refractivity contribution in [1.29, 1.82) is 0 Å². The van der Waals surface area contributed by atoms with Crippen molar-refractivity contribution >= 4 is 10.9 Å². The Bertz CT molecular complexity index is 1090. The molecule has 2 aromatic carbocycles. The van der Waals surface area contributed by atoms with Gasteiger partial charge in [0.2, 0.25) is 0 Å². The Morgan fingerprint density at radius 1 is 1.12 bits per heavy atom. The Balaban J connectivity index is 1.88. The number of para-hydroxylation sites is 1. The van der Waals surface area contributed by atoms with Crippen molar-refractivity contribution in [2.45, 2.75) is 37.7 Å². The van der Waals surface area contributed by atoms with Crippen LogP contribution < -0.4 is 5.56 Å². The lowest BCUT2D eigenvalue weighted by Crippen LogP contribution is -2.38. The fourth-order valence-corrected chi connectivity index (χ4v) is 4.66. The molecule has 1 aliphatic carbocycles. The van der Waals surface area contributed by atoms with Gasteiger partial charge in [0.15, 0.2) is 11.4 Å². The third-order valence-corrected chi connectivity index (χ3v) is 5.92. The van der Waals surface area contributed by atoms with Gasteiger partial charge in [-0.05, 0) is 49.1 Å². The van der Waals surface area contributed by atoms with Crippen LogP contribution >= 0.6 is 0 Å². The second-order valence-corrected chi connectivity index (χ2v) is 7.36. The average molecular weight is 350 g/mol. The number of rotatable bonds is 1. The molecule has 2 heterocycles. The molecule has 5 heteroatoms. The van der Waals surface area contributed by atoms with E-state index in [0.29, 0.717) is 28.0 Å². The summed E-state index contributed by atoms with van der Waals surface area (Å²) in [4.78, 5) is 17.8. The molecule has 1 atom stereocenters. The molecule has 1 aromatic heterocycles. The van der Waals surface area contributed by atoms with Gasteiger partial charge in [0, 0.05) is 5.56 Å². The van der Waals surface area contributed by atoms with Crippen LogP contribution in [0.4, 0.5) is 4.39 Å². The summed E-state index contributed by atoms with van der Waals surface area (Å²) in [5, 5.41) is 12.3. The van der Waals surface area contributed by atoms with Gasteiger partial charge >= 0.3 is 0 Å². The minimum Gasteiger partial charge on any atom is -0.377 e. The van der Waals surface area contributed by atoms with Crippen LogP contribution in [0.3, 0.4) is 0 Å². The number of benzene rings is 2. The molecule has 5 rings (SSSR count). The fraction of sp³-hybridized carbons (Fsp3) is 0.333.